The summed E-state index contributed by atoms with van der Waals surface area (Å²) >= 11 is 0. The van der Waals surface area contributed by atoms with Crippen LogP contribution in [0.2, 0.25) is 0 Å². The minimum atomic E-state index is 0. The second-order valence-electron chi connectivity index (χ2n) is 2.60. The van der Waals surface area contributed by atoms with Crippen LogP contribution in [-0.4, -0.2) is 24.5 Å². The van der Waals surface area contributed by atoms with Crippen LogP contribution in [0.5, 0.6) is 0 Å². The molecule has 0 aliphatic rings. The Balaban J connectivity index is 0. The van der Waals surface area contributed by atoms with Gasteiger partial charge in [-0.05, 0) is 26.9 Å². The monoisotopic (exact) mass is 177 g/mol. The average Bonchev–Trinajstić information content (AvgIpc) is 1.99. The highest BCUT2D eigenvalue weighted by Crippen LogP contribution is 1.96. The highest BCUT2D eigenvalue weighted by Gasteiger charge is 1.97. The number of allylic oxidation sites excluding steroid dienone is 1. The van der Waals surface area contributed by atoms with Crippen LogP contribution in [0, 0.1) is 0 Å². The number of likely N-dealkylation sites (N-methyl/N-ethyl adjacent to an activating group) is 1. The zero-order valence-electron chi connectivity index (χ0n) is 8.05. The number of halogens is 1. The van der Waals surface area contributed by atoms with E-state index in [-0.39, 0.29) is 12.4 Å². The van der Waals surface area contributed by atoms with Crippen LogP contribution < -0.4 is 0 Å². The van der Waals surface area contributed by atoms with Gasteiger partial charge in [-0.25, -0.2) is 0 Å². The van der Waals surface area contributed by atoms with Crippen molar-refractivity contribution in [1.82, 2.24) is 4.90 Å². The van der Waals surface area contributed by atoms with Gasteiger partial charge in [0.25, 0.3) is 0 Å². The Labute approximate surface area is 76.9 Å². The van der Waals surface area contributed by atoms with Crippen LogP contribution in [0.1, 0.15) is 27.7 Å². The summed E-state index contributed by atoms with van der Waals surface area (Å²) in [6.45, 7) is 12.1. The predicted octanol–water partition coefficient (Wildman–Crippen LogP) is 2.72. The molecule has 0 aromatic heterocycles. The topological polar surface area (TPSA) is 3.24 Å². The van der Waals surface area contributed by atoms with E-state index in [1.54, 1.807) is 0 Å². The molecule has 2 heteroatoms. The van der Waals surface area contributed by atoms with Crippen molar-refractivity contribution < 1.29 is 0 Å². The summed E-state index contributed by atoms with van der Waals surface area (Å²) in [7, 11) is 0. The van der Waals surface area contributed by atoms with Gasteiger partial charge in [-0.1, -0.05) is 25.5 Å². The summed E-state index contributed by atoms with van der Waals surface area (Å²) in [5, 5.41) is 0. The van der Waals surface area contributed by atoms with Gasteiger partial charge in [-0.15, -0.1) is 12.4 Å². The van der Waals surface area contributed by atoms with Crippen LogP contribution in [0.4, 0.5) is 0 Å². The maximum Gasteiger partial charge on any atom is 0.0189 e. The molecule has 0 heterocycles. The highest BCUT2D eigenvalue weighted by molar-refractivity contribution is 5.85. The number of hydrogen-bond acceptors (Lipinski definition) is 1. The fraction of sp³-hybridized carbons (Fsp3) is 0.778. The fourth-order valence-corrected chi connectivity index (χ4v) is 0.891. The first-order valence-corrected chi connectivity index (χ1v) is 4.08. The highest BCUT2D eigenvalue weighted by atomic mass is 35.5. The standard InChI is InChI=1S/C9H19N.ClH/c1-5-9(4)8-10(6-2)7-3;/h5H,6-8H2,1-4H3;1H. The number of rotatable bonds is 4. The minimum absolute atomic E-state index is 0. The van der Waals surface area contributed by atoms with Crippen molar-refractivity contribution in [2.24, 2.45) is 0 Å². The van der Waals surface area contributed by atoms with Gasteiger partial charge in [0.1, 0.15) is 0 Å². The lowest BCUT2D eigenvalue weighted by Crippen LogP contribution is -2.24. The molecule has 0 aliphatic carbocycles. The van der Waals surface area contributed by atoms with Crippen molar-refractivity contribution in [3.8, 4) is 0 Å². The van der Waals surface area contributed by atoms with Crippen molar-refractivity contribution >= 4 is 12.4 Å². The fourth-order valence-electron chi connectivity index (χ4n) is 0.891. The minimum Gasteiger partial charge on any atom is -0.300 e. The zero-order valence-corrected chi connectivity index (χ0v) is 8.87. The van der Waals surface area contributed by atoms with Gasteiger partial charge in [0.15, 0.2) is 0 Å². The van der Waals surface area contributed by atoms with Gasteiger partial charge < -0.3 is 0 Å². The Morgan fingerprint density at radius 3 is 2.00 bits per heavy atom. The third-order valence-electron chi connectivity index (χ3n) is 1.86. The van der Waals surface area contributed by atoms with E-state index in [2.05, 4.69) is 38.7 Å². The lowest BCUT2D eigenvalue weighted by molar-refractivity contribution is 0.330. The molecule has 0 bridgehead atoms. The molecular formula is C9H20ClN. The summed E-state index contributed by atoms with van der Waals surface area (Å²) in [6.07, 6.45) is 2.18. The SMILES string of the molecule is CC=C(C)CN(CC)CC.Cl. The Morgan fingerprint density at radius 1 is 1.27 bits per heavy atom. The largest absolute Gasteiger partial charge is 0.300 e. The Bertz CT molecular complexity index is 106. The summed E-state index contributed by atoms with van der Waals surface area (Å²) in [4.78, 5) is 2.41. The number of hydrogen-bond donors (Lipinski definition) is 0. The molecule has 0 atom stereocenters. The molecule has 0 aromatic carbocycles. The molecule has 11 heavy (non-hydrogen) atoms. The van der Waals surface area contributed by atoms with Crippen molar-refractivity contribution in [3.63, 3.8) is 0 Å². The molecule has 0 amide bonds. The van der Waals surface area contributed by atoms with Gasteiger partial charge in [0.2, 0.25) is 0 Å². The predicted molar refractivity (Wildman–Crippen MR) is 54.5 cm³/mol. The van der Waals surface area contributed by atoms with Crippen LogP contribution in [-0.2, 0) is 0 Å². The van der Waals surface area contributed by atoms with Gasteiger partial charge in [-0.2, -0.15) is 0 Å². The van der Waals surface area contributed by atoms with E-state index >= 15 is 0 Å². The molecular weight excluding hydrogens is 158 g/mol. The first-order chi connectivity index (χ1) is 4.74. The van der Waals surface area contributed by atoms with Gasteiger partial charge in [0.05, 0.1) is 0 Å². The average molecular weight is 178 g/mol. The molecule has 0 N–H and O–H groups in total. The summed E-state index contributed by atoms with van der Waals surface area (Å²) in [5.74, 6) is 0. The van der Waals surface area contributed by atoms with Crippen LogP contribution in [0.15, 0.2) is 11.6 Å². The Kier molecular flexibility index (Phi) is 9.98. The summed E-state index contributed by atoms with van der Waals surface area (Å²) < 4.78 is 0. The lowest BCUT2D eigenvalue weighted by Gasteiger charge is -2.17. The van der Waals surface area contributed by atoms with E-state index in [1.165, 1.54) is 5.57 Å². The Hall–Kier alpha value is -0.0100. The molecule has 0 aromatic rings. The van der Waals surface area contributed by atoms with Crippen molar-refractivity contribution in [1.29, 1.82) is 0 Å². The molecule has 68 valence electrons. The smallest absolute Gasteiger partial charge is 0.0189 e. The molecule has 0 radical (unpaired) electrons. The first-order valence-electron chi connectivity index (χ1n) is 4.08. The van der Waals surface area contributed by atoms with Gasteiger partial charge >= 0.3 is 0 Å². The third-order valence-corrected chi connectivity index (χ3v) is 1.86. The van der Waals surface area contributed by atoms with Crippen LogP contribution in [0.25, 0.3) is 0 Å². The van der Waals surface area contributed by atoms with Gasteiger partial charge in [0, 0.05) is 6.54 Å². The molecule has 0 saturated carbocycles. The second-order valence-corrected chi connectivity index (χ2v) is 2.60. The van der Waals surface area contributed by atoms with Crippen molar-refractivity contribution in [2.45, 2.75) is 27.7 Å². The Morgan fingerprint density at radius 2 is 1.73 bits per heavy atom. The molecule has 0 fully saturated rings. The van der Waals surface area contributed by atoms with Crippen LogP contribution in [0.3, 0.4) is 0 Å². The third kappa shape index (κ3) is 6.39. The first kappa shape index (κ1) is 13.6. The molecule has 0 rings (SSSR count). The zero-order chi connectivity index (χ0) is 7.98. The van der Waals surface area contributed by atoms with E-state index < -0.39 is 0 Å². The number of nitrogens with zero attached hydrogens (tertiary/aromatic N) is 1. The molecule has 1 nitrogen and oxygen atoms in total. The van der Waals surface area contributed by atoms with E-state index in [0.29, 0.717) is 0 Å². The maximum atomic E-state index is 2.41. The van der Waals surface area contributed by atoms with Crippen LogP contribution >= 0.6 is 12.4 Å². The summed E-state index contributed by atoms with van der Waals surface area (Å²) in [5.41, 5.74) is 1.46. The molecule has 0 spiro atoms. The molecule has 0 saturated heterocycles. The van der Waals surface area contributed by atoms with E-state index in [9.17, 15) is 0 Å². The lowest BCUT2D eigenvalue weighted by atomic mass is 10.2. The maximum absolute atomic E-state index is 2.41. The van der Waals surface area contributed by atoms with E-state index in [4.69, 9.17) is 0 Å². The normalized spacial score (nSPS) is 11.5. The summed E-state index contributed by atoms with van der Waals surface area (Å²) in [6, 6.07) is 0. The van der Waals surface area contributed by atoms with E-state index in [1.807, 2.05) is 0 Å². The molecule has 0 unspecified atom stereocenters. The van der Waals surface area contributed by atoms with Gasteiger partial charge in [-0.3, -0.25) is 4.90 Å². The van der Waals surface area contributed by atoms with Crippen molar-refractivity contribution in [2.75, 3.05) is 19.6 Å². The second kappa shape index (κ2) is 8.09. The quantitative estimate of drug-likeness (QED) is 0.597. The molecule has 0 aliphatic heterocycles. The van der Waals surface area contributed by atoms with E-state index in [0.717, 1.165) is 19.6 Å². The van der Waals surface area contributed by atoms with Crippen molar-refractivity contribution in [3.05, 3.63) is 11.6 Å².